The van der Waals surface area contributed by atoms with E-state index in [2.05, 4.69) is 9.97 Å². The molecule has 0 fully saturated rings. The predicted molar refractivity (Wildman–Crippen MR) is 101 cm³/mol. The maximum absolute atomic E-state index is 12.7. The number of halogens is 4. The zero-order chi connectivity index (χ0) is 22.1. The zero-order valence-corrected chi connectivity index (χ0v) is 15.5. The molecule has 2 aromatic heterocycles. The monoisotopic (exact) mass is 431 g/mol. The predicted octanol–water partition coefficient (Wildman–Crippen LogP) is 4.23. The Balaban J connectivity index is 1.97. The van der Waals surface area contributed by atoms with Crippen LogP contribution < -0.4 is 16.0 Å². The van der Waals surface area contributed by atoms with Crippen molar-refractivity contribution in [3.05, 3.63) is 68.6 Å². The Labute approximate surface area is 171 Å². The van der Waals surface area contributed by atoms with Gasteiger partial charge in [-0.25, -0.2) is 4.98 Å². The number of nitrogens with zero attached hydrogens (tertiary/aromatic N) is 3. The van der Waals surface area contributed by atoms with Crippen LogP contribution in [0.5, 0.6) is 11.6 Å². The lowest BCUT2D eigenvalue weighted by molar-refractivity contribution is -0.137. The average molecular weight is 432 g/mol. The van der Waals surface area contributed by atoms with Crippen LogP contribution in [-0.4, -0.2) is 9.97 Å². The average Bonchev–Trinajstić information content (AvgIpc) is 2.69. The van der Waals surface area contributed by atoms with Crippen molar-refractivity contribution in [2.75, 3.05) is 5.73 Å². The molecule has 0 aliphatic rings. The number of nitrogens with two attached hydrogens (primary N) is 1. The first-order valence-corrected chi connectivity index (χ1v) is 8.40. The lowest BCUT2D eigenvalue weighted by atomic mass is 9.97. The van der Waals surface area contributed by atoms with Crippen LogP contribution in [0.15, 0.2) is 41.3 Å². The van der Waals surface area contributed by atoms with E-state index < -0.39 is 17.3 Å². The third-order valence-corrected chi connectivity index (χ3v) is 4.23. The Morgan fingerprint density at radius 2 is 1.77 bits per heavy atom. The maximum Gasteiger partial charge on any atom is 0.417 e. The highest BCUT2D eigenvalue weighted by Crippen LogP contribution is 2.35. The number of nitrogens with one attached hydrogen (secondary N) is 1. The van der Waals surface area contributed by atoms with Gasteiger partial charge < -0.3 is 15.5 Å². The number of H-pyrrole nitrogens is 1. The molecule has 0 aliphatic carbocycles. The standard InChI is InChI=1S/C19H9ClF3N5O2/c20-14-5-10(19(21,22)23)8-27-18(14)30-11-3-1-9(2-4-11)15-12(6-24)16(26)28-17(29)13(15)7-25/h1-5,8H,(H3,26,28,29). The van der Waals surface area contributed by atoms with Crippen molar-refractivity contribution in [3.63, 3.8) is 0 Å². The second-order valence-electron chi connectivity index (χ2n) is 5.85. The lowest BCUT2D eigenvalue weighted by Crippen LogP contribution is -2.16. The highest BCUT2D eigenvalue weighted by atomic mass is 35.5. The van der Waals surface area contributed by atoms with E-state index >= 15 is 0 Å². The molecule has 3 N–H and O–H groups in total. The van der Waals surface area contributed by atoms with Gasteiger partial charge in [0.15, 0.2) is 0 Å². The van der Waals surface area contributed by atoms with Crippen LogP contribution in [0.2, 0.25) is 5.02 Å². The molecule has 11 heteroatoms. The quantitative estimate of drug-likeness (QED) is 0.638. The van der Waals surface area contributed by atoms with Crippen molar-refractivity contribution in [3.8, 4) is 34.9 Å². The van der Waals surface area contributed by atoms with Crippen LogP contribution in [0.1, 0.15) is 16.7 Å². The van der Waals surface area contributed by atoms with E-state index in [1.54, 1.807) is 6.07 Å². The van der Waals surface area contributed by atoms with Gasteiger partial charge in [-0.3, -0.25) is 4.79 Å². The SMILES string of the molecule is N#Cc1c(N)[nH]c(=O)c(C#N)c1-c1ccc(Oc2ncc(C(F)(F)F)cc2Cl)cc1. The number of aromatic nitrogens is 2. The number of alkyl halides is 3. The summed E-state index contributed by atoms with van der Waals surface area (Å²) in [6.07, 6.45) is -4.00. The molecule has 7 nitrogen and oxygen atoms in total. The van der Waals surface area contributed by atoms with Crippen LogP contribution in [0.25, 0.3) is 11.1 Å². The topological polar surface area (TPSA) is 129 Å². The number of benzene rings is 1. The number of nitrogen functional groups attached to an aromatic ring is 1. The zero-order valence-electron chi connectivity index (χ0n) is 14.7. The van der Waals surface area contributed by atoms with Crippen LogP contribution in [0.4, 0.5) is 19.0 Å². The van der Waals surface area contributed by atoms with Crippen LogP contribution >= 0.6 is 11.6 Å². The molecule has 0 saturated heterocycles. The summed E-state index contributed by atoms with van der Waals surface area (Å²) in [7, 11) is 0. The third kappa shape index (κ3) is 3.90. The van der Waals surface area contributed by atoms with Crippen molar-refractivity contribution >= 4 is 17.4 Å². The molecule has 0 unspecified atom stereocenters. The molecule has 1 aromatic carbocycles. The van der Waals surface area contributed by atoms with Gasteiger partial charge in [0.25, 0.3) is 5.56 Å². The third-order valence-electron chi connectivity index (χ3n) is 3.96. The van der Waals surface area contributed by atoms with Crippen molar-refractivity contribution < 1.29 is 17.9 Å². The van der Waals surface area contributed by atoms with Gasteiger partial charge in [-0.15, -0.1) is 0 Å². The van der Waals surface area contributed by atoms with Crippen LogP contribution in [0.3, 0.4) is 0 Å². The van der Waals surface area contributed by atoms with E-state index in [0.717, 1.165) is 0 Å². The molecule has 30 heavy (non-hydrogen) atoms. The Kier molecular flexibility index (Phi) is 5.37. The van der Waals surface area contributed by atoms with Gasteiger partial charge in [0.2, 0.25) is 5.88 Å². The Hall–Kier alpha value is -4.02. The molecule has 0 aliphatic heterocycles. The molecular weight excluding hydrogens is 423 g/mol. The van der Waals surface area contributed by atoms with Crippen molar-refractivity contribution in [2.24, 2.45) is 0 Å². The molecule has 0 saturated carbocycles. The number of rotatable bonds is 3. The van der Waals surface area contributed by atoms with E-state index in [1.165, 1.54) is 24.3 Å². The van der Waals surface area contributed by atoms with E-state index in [0.29, 0.717) is 17.8 Å². The summed E-state index contributed by atoms with van der Waals surface area (Å²) in [6.45, 7) is 0. The summed E-state index contributed by atoms with van der Waals surface area (Å²) in [5.74, 6) is -0.256. The van der Waals surface area contributed by atoms with Crippen molar-refractivity contribution in [2.45, 2.75) is 6.18 Å². The van der Waals surface area contributed by atoms with Crippen LogP contribution in [0, 0.1) is 22.7 Å². The maximum atomic E-state index is 12.7. The summed E-state index contributed by atoms with van der Waals surface area (Å²) in [5.41, 5.74) is 3.93. The number of hydrogen-bond donors (Lipinski definition) is 2. The van der Waals surface area contributed by atoms with Gasteiger partial charge in [0.1, 0.15) is 39.9 Å². The van der Waals surface area contributed by atoms with E-state index in [1.807, 2.05) is 6.07 Å². The molecule has 0 radical (unpaired) electrons. The lowest BCUT2D eigenvalue weighted by Gasteiger charge is -2.11. The Bertz CT molecular complexity index is 1270. The molecule has 0 spiro atoms. The van der Waals surface area contributed by atoms with E-state index in [-0.39, 0.29) is 39.2 Å². The highest BCUT2D eigenvalue weighted by molar-refractivity contribution is 6.31. The first kappa shape index (κ1) is 20.7. The number of pyridine rings is 2. The Morgan fingerprint density at radius 3 is 2.30 bits per heavy atom. The fraction of sp³-hybridized carbons (Fsp3) is 0.0526. The van der Waals surface area contributed by atoms with Gasteiger partial charge >= 0.3 is 6.18 Å². The van der Waals surface area contributed by atoms with Gasteiger partial charge in [-0.2, -0.15) is 23.7 Å². The second kappa shape index (κ2) is 7.78. The number of ether oxygens (including phenoxy) is 1. The van der Waals surface area contributed by atoms with Gasteiger partial charge in [-0.1, -0.05) is 23.7 Å². The molecule has 0 bridgehead atoms. The molecule has 3 rings (SSSR count). The molecule has 3 aromatic rings. The molecule has 0 atom stereocenters. The van der Waals surface area contributed by atoms with Crippen LogP contribution in [-0.2, 0) is 6.18 Å². The highest BCUT2D eigenvalue weighted by Gasteiger charge is 2.31. The summed E-state index contributed by atoms with van der Waals surface area (Å²) >= 11 is 5.81. The Morgan fingerprint density at radius 1 is 1.13 bits per heavy atom. The van der Waals surface area contributed by atoms with E-state index in [9.17, 15) is 28.5 Å². The minimum absolute atomic E-state index is 0.0542. The van der Waals surface area contributed by atoms with Gasteiger partial charge in [-0.05, 0) is 23.8 Å². The fourth-order valence-corrected chi connectivity index (χ4v) is 2.79. The second-order valence-corrected chi connectivity index (χ2v) is 6.26. The normalized spacial score (nSPS) is 10.9. The fourth-order valence-electron chi connectivity index (χ4n) is 2.59. The summed E-state index contributed by atoms with van der Waals surface area (Å²) in [6, 6.07) is 9.99. The first-order chi connectivity index (χ1) is 14.2. The summed E-state index contributed by atoms with van der Waals surface area (Å²) < 4.78 is 43.5. The number of nitriles is 2. The first-order valence-electron chi connectivity index (χ1n) is 8.02. The minimum Gasteiger partial charge on any atom is -0.438 e. The van der Waals surface area contributed by atoms with E-state index in [4.69, 9.17) is 22.1 Å². The van der Waals surface area contributed by atoms with Gasteiger partial charge in [0, 0.05) is 11.8 Å². The largest absolute Gasteiger partial charge is 0.438 e. The van der Waals surface area contributed by atoms with Crippen molar-refractivity contribution in [1.29, 1.82) is 10.5 Å². The minimum atomic E-state index is -4.59. The summed E-state index contributed by atoms with van der Waals surface area (Å²) in [5, 5.41) is 18.3. The smallest absolute Gasteiger partial charge is 0.417 e. The number of aromatic amines is 1. The molecule has 0 amide bonds. The summed E-state index contributed by atoms with van der Waals surface area (Å²) in [4.78, 5) is 17.8. The molecule has 2 heterocycles. The van der Waals surface area contributed by atoms with Crippen molar-refractivity contribution in [1.82, 2.24) is 9.97 Å². The molecular formula is C19H9ClF3N5O2. The number of hydrogen-bond acceptors (Lipinski definition) is 6. The molecule has 150 valence electrons. The van der Waals surface area contributed by atoms with Gasteiger partial charge in [0.05, 0.1) is 5.56 Å². The number of anilines is 1.